The van der Waals surface area contributed by atoms with Gasteiger partial charge in [-0.2, -0.15) is 5.26 Å². The van der Waals surface area contributed by atoms with Crippen LogP contribution in [0.25, 0.3) is 6.08 Å². The number of hydrogen-bond acceptors (Lipinski definition) is 3. The summed E-state index contributed by atoms with van der Waals surface area (Å²) in [5, 5.41) is 12.6. The van der Waals surface area contributed by atoms with Gasteiger partial charge < -0.3 is 10.2 Å². The molecule has 3 rings (SSSR count). The van der Waals surface area contributed by atoms with Crippen LogP contribution < -0.4 is 10.2 Å². The molecule has 4 heteroatoms. The predicted molar refractivity (Wildman–Crippen MR) is 115 cm³/mol. The van der Waals surface area contributed by atoms with E-state index in [4.69, 9.17) is 0 Å². The number of benzene rings is 1. The third kappa shape index (κ3) is 4.24. The second-order valence-electron chi connectivity index (χ2n) is 8.96. The fraction of sp³-hybridized carbons (Fsp3) is 0.583. The van der Waals surface area contributed by atoms with Crippen LogP contribution in [0.5, 0.6) is 0 Å². The number of carbonyl (C=O) groups excluding carboxylic acids is 1. The van der Waals surface area contributed by atoms with Gasteiger partial charge in [-0.15, -0.1) is 0 Å². The molecule has 1 amide bonds. The Hall–Kier alpha value is -2.28. The van der Waals surface area contributed by atoms with E-state index in [0.29, 0.717) is 5.92 Å². The van der Waals surface area contributed by atoms with E-state index in [1.54, 1.807) is 6.08 Å². The molecule has 1 unspecified atom stereocenters. The Morgan fingerprint density at radius 3 is 2.68 bits per heavy atom. The van der Waals surface area contributed by atoms with E-state index < -0.39 is 0 Å². The van der Waals surface area contributed by atoms with Gasteiger partial charge in [0.05, 0.1) is 0 Å². The smallest absolute Gasteiger partial charge is 0.262 e. The van der Waals surface area contributed by atoms with E-state index in [1.165, 1.54) is 17.7 Å². The topological polar surface area (TPSA) is 56.1 Å². The average Bonchev–Trinajstić information content (AvgIpc) is 2.66. The highest BCUT2D eigenvalue weighted by molar-refractivity contribution is 6.01. The summed E-state index contributed by atoms with van der Waals surface area (Å²) >= 11 is 0. The monoisotopic (exact) mass is 379 g/mol. The number of hydrogen-bond donors (Lipinski definition) is 1. The fourth-order valence-corrected chi connectivity index (χ4v) is 5.02. The standard InChI is InChI=1S/C24H33N3O/c1-5-27-22-12-11-18(14-21(22)17(2)15-24(27,3)4)13-19(16-25)23(28)26-20-9-7-6-8-10-20/h11-14,17,20H,5-10,15H2,1-4H3,(H,26,28)/b19-13+. The molecular formula is C24H33N3O. The van der Waals surface area contributed by atoms with Gasteiger partial charge in [-0.25, -0.2) is 0 Å². The lowest BCUT2D eigenvalue weighted by Crippen LogP contribution is -2.48. The van der Waals surface area contributed by atoms with Gasteiger partial charge >= 0.3 is 0 Å². The second kappa shape index (κ2) is 8.39. The molecule has 1 heterocycles. The minimum atomic E-state index is -0.239. The largest absolute Gasteiger partial charge is 0.366 e. The van der Waals surface area contributed by atoms with Crippen molar-refractivity contribution >= 4 is 17.7 Å². The first kappa shape index (κ1) is 20.5. The number of nitriles is 1. The highest BCUT2D eigenvalue weighted by Crippen LogP contribution is 2.43. The van der Waals surface area contributed by atoms with E-state index in [2.05, 4.69) is 56.1 Å². The van der Waals surface area contributed by atoms with Crippen LogP contribution in [-0.2, 0) is 4.79 Å². The second-order valence-corrected chi connectivity index (χ2v) is 8.96. The molecule has 4 nitrogen and oxygen atoms in total. The summed E-state index contributed by atoms with van der Waals surface area (Å²) in [4.78, 5) is 15.0. The van der Waals surface area contributed by atoms with Crippen LogP contribution in [0.4, 0.5) is 5.69 Å². The van der Waals surface area contributed by atoms with Crippen LogP contribution in [-0.4, -0.2) is 24.0 Å². The van der Waals surface area contributed by atoms with Crippen molar-refractivity contribution in [1.82, 2.24) is 5.32 Å². The van der Waals surface area contributed by atoms with Crippen molar-refractivity contribution < 1.29 is 4.79 Å². The van der Waals surface area contributed by atoms with Crippen molar-refractivity contribution in [2.24, 2.45) is 0 Å². The van der Waals surface area contributed by atoms with E-state index >= 15 is 0 Å². The summed E-state index contributed by atoms with van der Waals surface area (Å²) < 4.78 is 0. The number of nitrogens with zero attached hydrogens (tertiary/aromatic N) is 2. The third-order valence-corrected chi connectivity index (χ3v) is 6.34. The molecule has 1 N–H and O–H groups in total. The van der Waals surface area contributed by atoms with Crippen LogP contribution in [0.1, 0.15) is 83.3 Å². The zero-order valence-electron chi connectivity index (χ0n) is 17.7. The lowest BCUT2D eigenvalue weighted by molar-refractivity contribution is -0.117. The number of fused-ring (bicyclic) bond motifs is 1. The molecule has 1 saturated carbocycles. The molecule has 1 aliphatic carbocycles. The molecule has 0 saturated heterocycles. The van der Waals surface area contributed by atoms with Crippen molar-refractivity contribution in [2.75, 3.05) is 11.4 Å². The molecule has 1 aromatic carbocycles. The zero-order valence-corrected chi connectivity index (χ0v) is 17.7. The molecule has 0 spiro atoms. The summed E-state index contributed by atoms with van der Waals surface area (Å²) in [6.45, 7) is 10.0. The normalized spacial score (nSPS) is 22.3. The molecule has 1 aliphatic heterocycles. The van der Waals surface area contributed by atoms with Crippen LogP contribution >= 0.6 is 0 Å². The maximum atomic E-state index is 12.6. The highest BCUT2D eigenvalue weighted by Gasteiger charge is 2.35. The van der Waals surface area contributed by atoms with Gasteiger partial charge in [0.15, 0.2) is 0 Å². The van der Waals surface area contributed by atoms with E-state index in [1.807, 2.05) is 6.07 Å². The maximum absolute atomic E-state index is 12.6. The van der Waals surface area contributed by atoms with Crippen LogP contribution in [0, 0.1) is 11.3 Å². The minimum absolute atomic E-state index is 0.135. The fourth-order valence-electron chi connectivity index (χ4n) is 5.02. The Morgan fingerprint density at radius 1 is 1.32 bits per heavy atom. The molecule has 1 atom stereocenters. The Bertz CT molecular complexity index is 797. The van der Waals surface area contributed by atoms with Gasteiger partial charge in [0.1, 0.15) is 11.6 Å². The van der Waals surface area contributed by atoms with Crippen molar-refractivity contribution in [1.29, 1.82) is 5.26 Å². The van der Waals surface area contributed by atoms with Gasteiger partial charge in [0.2, 0.25) is 0 Å². The number of rotatable bonds is 4. The van der Waals surface area contributed by atoms with Crippen molar-refractivity contribution in [3.63, 3.8) is 0 Å². The molecular weight excluding hydrogens is 346 g/mol. The Kier molecular flexibility index (Phi) is 6.13. The van der Waals surface area contributed by atoms with Crippen LogP contribution in [0.3, 0.4) is 0 Å². The number of anilines is 1. The molecule has 28 heavy (non-hydrogen) atoms. The average molecular weight is 380 g/mol. The lowest BCUT2D eigenvalue weighted by Gasteiger charge is -2.47. The van der Waals surface area contributed by atoms with E-state index in [-0.39, 0.29) is 23.1 Å². The summed E-state index contributed by atoms with van der Waals surface area (Å²) in [7, 11) is 0. The Balaban J connectivity index is 1.84. The quantitative estimate of drug-likeness (QED) is 0.581. The first-order valence-corrected chi connectivity index (χ1v) is 10.7. The van der Waals surface area contributed by atoms with Gasteiger partial charge in [0.25, 0.3) is 5.91 Å². The molecule has 1 aromatic rings. The summed E-state index contributed by atoms with van der Waals surface area (Å²) in [6, 6.07) is 8.65. The molecule has 0 radical (unpaired) electrons. The highest BCUT2D eigenvalue weighted by atomic mass is 16.1. The van der Waals surface area contributed by atoms with E-state index in [0.717, 1.165) is 44.2 Å². The van der Waals surface area contributed by atoms with Crippen LogP contribution in [0.2, 0.25) is 0 Å². The third-order valence-electron chi connectivity index (χ3n) is 6.34. The Morgan fingerprint density at radius 2 is 2.04 bits per heavy atom. The van der Waals surface area contributed by atoms with Gasteiger partial charge in [-0.3, -0.25) is 4.79 Å². The summed E-state index contributed by atoms with van der Waals surface area (Å²) in [5.41, 5.74) is 3.84. The van der Waals surface area contributed by atoms with E-state index in [9.17, 15) is 10.1 Å². The molecule has 0 aromatic heterocycles. The number of carbonyl (C=O) groups is 1. The molecule has 0 bridgehead atoms. The van der Waals surface area contributed by atoms with Gasteiger partial charge in [0, 0.05) is 23.8 Å². The SMILES string of the molecule is CCN1c2ccc(/C=C(\C#N)C(=O)NC3CCCCC3)cc2C(C)CC1(C)C. The first-order chi connectivity index (χ1) is 13.4. The molecule has 2 aliphatic rings. The number of nitrogens with one attached hydrogen (secondary N) is 1. The molecule has 1 fully saturated rings. The summed E-state index contributed by atoms with van der Waals surface area (Å²) in [6.07, 6.45) is 8.42. The van der Waals surface area contributed by atoms with Gasteiger partial charge in [-0.05, 0) is 75.3 Å². The predicted octanol–water partition coefficient (Wildman–Crippen LogP) is 5.15. The number of amides is 1. The summed E-state index contributed by atoms with van der Waals surface area (Å²) in [5.74, 6) is 0.208. The maximum Gasteiger partial charge on any atom is 0.262 e. The first-order valence-electron chi connectivity index (χ1n) is 10.7. The molecule has 150 valence electrons. The Labute approximate surface area is 169 Å². The minimum Gasteiger partial charge on any atom is -0.366 e. The van der Waals surface area contributed by atoms with Crippen molar-refractivity contribution in [2.45, 2.75) is 83.7 Å². The zero-order chi connectivity index (χ0) is 20.3. The van der Waals surface area contributed by atoms with Crippen LogP contribution in [0.15, 0.2) is 23.8 Å². The van der Waals surface area contributed by atoms with Crippen molar-refractivity contribution in [3.8, 4) is 6.07 Å². The lowest BCUT2D eigenvalue weighted by atomic mass is 9.79. The van der Waals surface area contributed by atoms with Crippen molar-refractivity contribution in [3.05, 3.63) is 34.9 Å². The van der Waals surface area contributed by atoms with Gasteiger partial charge in [-0.1, -0.05) is 32.3 Å².